The Kier molecular flexibility index (Phi) is 7.50. The zero-order chi connectivity index (χ0) is 29.9. The quantitative estimate of drug-likeness (QED) is 0.529. The Morgan fingerprint density at radius 3 is 2.62 bits per heavy atom. The number of nitrogens with zero attached hydrogens (tertiary/aromatic N) is 3. The van der Waals surface area contributed by atoms with Crippen LogP contribution < -0.4 is 5.32 Å². The van der Waals surface area contributed by atoms with E-state index in [0.29, 0.717) is 32.4 Å². The predicted octanol–water partition coefficient (Wildman–Crippen LogP) is 3.34. The summed E-state index contributed by atoms with van der Waals surface area (Å²) in [6, 6.07) is 4.09. The van der Waals surface area contributed by atoms with Crippen molar-refractivity contribution in [2.24, 2.45) is 17.8 Å². The van der Waals surface area contributed by atoms with Crippen LogP contribution in [0, 0.1) is 17.8 Å². The summed E-state index contributed by atoms with van der Waals surface area (Å²) < 4.78 is 0. The van der Waals surface area contributed by atoms with Crippen LogP contribution in [0.5, 0.6) is 0 Å². The first-order chi connectivity index (χ1) is 20.2. The number of fused-ring (bicyclic) bond motifs is 3. The van der Waals surface area contributed by atoms with Crippen molar-refractivity contribution in [1.29, 1.82) is 0 Å². The molecule has 2 N–H and O–H groups in total. The lowest BCUT2D eigenvalue weighted by atomic mass is 9.79. The highest BCUT2D eigenvalue weighted by atomic mass is 16.2. The Morgan fingerprint density at radius 1 is 1.10 bits per heavy atom. The van der Waals surface area contributed by atoms with Crippen LogP contribution in [0.3, 0.4) is 0 Å². The van der Waals surface area contributed by atoms with Crippen LogP contribution in [0.25, 0.3) is 16.5 Å². The molecule has 4 heterocycles. The molecule has 4 unspecified atom stereocenters. The van der Waals surface area contributed by atoms with E-state index < -0.39 is 30.0 Å². The molecular formula is C33H43N5O4. The van der Waals surface area contributed by atoms with E-state index in [2.05, 4.69) is 46.7 Å². The number of benzene rings is 1. The van der Waals surface area contributed by atoms with Crippen LogP contribution >= 0.6 is 0 Å². The van der Waals surface area contributed by atoms with Gasteiger partial charge in [0.05, 0.1) is 5.92 Å². The van der Waals surface area contributed by atoms with Gasteiger partial charge >= 0.3 is 0 Å². The maximum atomic E-state index is 14.3. The number of aromatic nitrogens is 1. The fraction of sp³-hybridized carbons (Fsp3) is 0.576. The lowest BCUT2D eigenvalue weighted by Crippen LogP contribution is -2.69. The Bertz CT molecular complexity index is 1460. The van der Waals surface area contributed by atoms with Gasteiger partial charge in [-0.25, -0.2) is 0 Å². The van der Waals surface area contributed by atoms with E-state index in [9.17, 15) is 19.2 Å². The highest BCUT2D eigenvalue weighted by molar-refractivity contribution is 6.09. The summed E-state index contributed by atoms with van der Waals surface area (Å²) in [5, 5.41) is 4.29. The Balaban J connectivity index is 1.30. The van der Waals surface area contributed by atoms with Crippen molar-refractivity contribution in [2.45, 2.75) is 84.0 Å². The minimum atomic E-state index is -0.897. The molecule has 2 aromatic rings. The van der Waals surface area contributed by atoms with Crippen LogP contribution in [0.1, 0.15) is 64.5 Å². The molecule has 0 saturated carbocycles. The summed E-state index contributed by atoms with van der Waals surface area (Å²) in [7, 11) is 2.05. The minimum absolute atomic E-state index is 0.144. The second-order valence-corrected chi connectivity index (χ2v) is 12.9. The van der Waals surface area contributed by atoms with Gasteiger partial charge in [-0.2, -0.15) is 0 Å². The molecule has 9 nitrogen and oxygen atoms in total. The number of piperazine rings is 1. The number of carbonyl (C=O) groups excluding carboxylic acids is 4. The number of rotatable bonds is 7. The topological polar surface area (TPSA) is 106 Å². The third kappa shape index (κ3) is 4.48. The molecule has 0 spiro atoms. The van der Waals surface area contributed by atoms with E-state index in [1.54, 1.807) is 4.90 Å². The maximum absolute atomic E-state index is 14.3. The fourth-order valence-electron chi connectivity index (χ4n) is 7.54. The molecule has 3 aliphatic heterocycles. The van der Waals surface area contributed by atoms with Gasteiger partial charge in [0.25, 0.3) is 11.8 Å². The van der Waals surface area contributed by atoms with Gasteiger partial charge in [0, 0.05) is 36.2 Å². The third-order valence-corrected chi connectivity index (χ3v) is 10.4. The van der Waals surface area contributed by atoms with Gasteiger partial charge in [-0.05, 0) is 60.9 Å². The van der Waals surface area contributed by atoms with Crippen molar-refractivity contribution in [3.63, 3.8) is 0 Å². The van der Waals surface area contributed by atoms with Gasteiger partial charge in [0.1, 0.15) is 18.1 Å². The number of amides is 4. The summed E-state index contributed by atoms with van der Waals surface area (Å²) >= 11 is 0. The highest BCUT2D eigenvalue weighted by Gasteiger charge is 2.53. The van der Waals surface area contributed by atoms with Crippen LogP contribution in [-0.2, 0) is 25.6 Å². The maximum Gasteiger partial charge on any atom is 0.252 e. The molecule has 0 radical (unpaired) electrons. The minimum Gasteiger partial charge on any atom is -0.361 e. The van der Waals surface area contributed by atoms with Crippen molar-refractivity contribution in [1.82, 2.24) is 25.0 Å². The monoisotopic (exact) mass is 573 g/mol. The SMILES string of the molecule is CCC(C)C(NC(=O)[C@@H]1C=C2c3cccc4[nH]cc(c34)CC2N(C)C1)C(=O)N1C(=O)[C@H]2CCCN2C(=O)[C@@H]1C(C)CC. The number of carbonyl (C=O) groups is 4. The molecule has 1 aliphatic carbocycles. The average Bonchev–Trinajstić information content (AvgIpc) is 3.66. The summed E-state index contributed by atoms with van der Waals surface area (Å²) in [4.78, 5) is 64.1. The normalized spacial score (nSPS) is 27.8. The molecule has 1 aromatic heterocycles. The molecule has 4 amide bonds. The van der Waals surface area contributed by atoms with Crippen molar-refractivity contribution in [3.8, 4) is 0 Å². The highest BCUT2D eigenvalue weighted by Crippen LogP contribution is 2.41. The van der Waals surface area contributed by atoms with Crippen molar-refractivity contribution in [3.05, 3.63) is 41.6 Å². The summed E-state index contributed by atoms with van der Waals surface area (Å²) in [6.45, 7) is 8.88. The molecule has 224 valence electrons. The van der Waals surface area contributed by atoms with E-state index in [-0.39, 0.29) is 35.6 Å². The lowest BCUT2D eigenvalue weighted by Gasteiger charge is -2.45. The van der Waals surface area contributed by atoms with Crippen molar-refractivity contribution < 1.29 is 19.2 Å². The first kappa shape index (κ1) is 28.6. The number of nitrogens with one attached hydrogen (secondary N) is 2. The van der Waals surface area contributed by atoms with Gasteiger partial charge in [-0.3, -0.25) is 29.0 Å². The predicted molar refractivity (Wildman–Crippen MR) is 161 cm³/mol. The second-order valence-electron chi connectivity index (χ2n) is 12.9. The Hall–Kier alpha value is -3.46. The zero-order valence-electron chi connectivity index (χ0n) is 25.4. The molecule has 42 heavy (non-hydrogen) atoms. The van der Waals surface area contributed by atoms with E-state index >= 15 is 0 Å². The van der Waals surface area contributed by atoms with E-state index in [1.807, 2.05) is 33.8 Å². The molecule has 2 fully saturated rings. The Morgan fingerprint density at radius 2 is 1.88 bits per heavy atom. The summed E-state index contributed by atoms with van der Waals surface area (Å²) in [5.74, 6) is -1.97. The van der Waals surface area contributed by atoms with Crippen LogP contribution in [0.2, 0.25) is 0 Å². The average molecular weight is 574 g/mol. The van der Waals surface area contributed by atoms with E-state index in [1.165, 1.54) is 15.8 Å². The van der Waals surface area contributed by atoms with Crippen LogP contribution in [0.15, 0.2) is 30.5 Å². The summed E-state index contributed by atoms with van der Waals surface area (Å²) in [6.07, 6.45) is 7.67. The number of hydrogen-bond acceptors (Lipinski definition) is 5. The van der Waals surface area contributed by atoms with E-state index in [0.717, 1.165) is 29.5 Å². The number of imide groups is 1. The van der Waals surface area contributed by atoms with Gasteiger partial charge in [0.15, 0.2) is 0 Å². The van der Waals surface area contributed by atoms with Gasteiger partial charge in [0.2, 0.25) is 11.8 Å². The molecular weight excluding hydrogens is 530 g/mol. The number of hydrogen-bond donors (Lipinski definition) is 2. The third-order valence-electron chi connectivity index (χ3n) is 10.4. The van der Waals surface area contributed by atoms with Crippen molar-refractivity contribution in [2.75, 3.05) is 20.1 Å². The largest absolute Gasteiger partial charge is 0.361 e. The van der Waals surface area contributed by atoms with Crippen LogP contribution in [0.4, 0.5) is 0 Å². The molecule has 9 heteroatoms. The number of aromatic amines is 1. The van der Waals surface area contributed by atoms with E-state index in [4.69, 9.17) is 0 Å². The van der Waals surface area contributed by atoms with Gasteiger partial charge in [-0.15, -0.1) is 0 Å². The molecule has 4 aliphatic rings. The summed E-state index contributed by atoms with van der Waals surface area (Å²) in [5.41, 5.74) is 4.67. The fourth-order valence-corrected chi connectivity index (χ4v) is 7.54. The Labute approximate surface area is 247 Å². The van der Waals surface area contributed by atoms with Crippen LogP contribution in [-0.4, -0.2) is 87.6 Å². The van der Waals surface area contributed by atoms with Gasteiger partial charge < -0.3 is 15.2 Å². The number of likely N-dealkylation sites (N-methyl/N-ethyl adjacent to an activating group) is 1. The molecule has 1 aromatic carbocycles. The first-order valence-corrected chi connectivity index (χ1v) is 15.6. The zero-order valence-corrected chi connectivity index (χ0v) is 25.4. The van der Waals surface area contributed by atoms with Crippen molar-refractivity contribution >= 4 is 40.1 Å². The lowest BCUT2D eigenvalue weighted by molar-refractivity contribution is -0.169. The molecule has 2 saturated heterocycles. The standard InChI is InChI=1S/C33H43N5O4/c1-6-18(3)28(32(41)38-29(19(4)7-2)33(42)37-13-9-12-25(37)31(38)40)35-30(39)21-14-23-22-10-8-11-24-27(22)20(16-34-24)15-26(23)36(5)17-21/h8,10-11,14,16,18-19,21,25-26,28-29,34H,6-7,9,12-13,15,17H2,1-5H3,(H,35,39)/t18?,19?,21-,25-,26?,28?,29+/m1/s1. The smallest absolute Gasteiger partial charge is 0.252 e. The second kappa shape index (κ2) is 11.0. The molecule has 0 bridgehead atoms. The molecule has 6 rings (SSSR count). The number of H-pyrrole nitrogens is 1. The first-order valence-electron chi connectivity index (χ1n) is 15.6. The molecule has 7 atom stereocenters. The van der Waals surface area contributed by atoms with Gasteiger partial charge in [-0.1, -0.05) is 58.7 Å².